The number of aliphatic imine (C=N–C) groups is 2. The number of halogens is 2. The van der Waals surface area contributed by atoms with Crippen LogP contribution in [0.2, 0.25) is 0 Å². The summed E-state index contributed by atoms with van der Waals surface area (Å²) in [7, 11) is 0. The van der Waals surface area contributed by atoms with E-state index in [0.29, 0.717) is 0 Å². The van der Waals surface area contributed by atoms with Crippen molar-refractivity contribution in [2.75, 3.05) is 11.5 Å². The molecule has 2 aromatic rings. The van der Waals surface area contributed by atoms with Crippen LogP contribution >= 0.6 is 11.8 Å². The molecule has 0 spiro atoms. The van der Waals surface area contributed by atoms with Crippen LogP contribution in [0.5, 0.6) is 0 Å². The van der Waals surface area contributed by atoms with Gasteiger partial charge in [0, 0.05) is 24.9 Å². The van der Waals surface area contributed by atoms with E-state index in [-0.39, 0.29) is 80.2 Å². The number of rotatable bonds is 9. The summed E-state index contributed by atoms with van der Waals surface area (Å²) < 4.78 is 0. The van der Waals surface area contributed by atoms with Gasteiger partial charge in [0.15, 0.2) is 17.1 Å². The standard InChI is InChI=1S/C29H24N2S2.2ClH.2Hg/c1-3-12-24(13-4-1)22-30-26-16-7-9-18-28(26)32-20-11-21-33-29-19-10-8-17-27(29)31-23-25-14-5-2-6-15-25;;;;/h1-8,12-19,22-23H,11,20-21H2;2*1H;;/q;;;2*+1/p-2. The number of nitrogens with zero attached hydrogens (tertiary/aromatic N) is 2. The molecule has 0 atom stereocenters. The van der Waals surface area contributed by atoms with Crippen molar-refractivity contribution in [1.29, 1.82) is 0 Å². The van der Waals surface area contributed by atoms with Crippen molar-refractivity contribution >= 4 is 40.4 Å². The van der Waals surface area contributed by atoms with Gasteiger partial charge in [-0.05, 0) is 34.7 Å². The summed E-state index contributed by atoms with van der Waals surface area (Å²) in [5.41, 5.74) is 10.5. The maximum absolute atomic E-state index is 4.69. The fourth-order valence-electron chi connectivity index (χ4n) is 3.05. The molecule has 0 amide bonds. The van der Waals surface area contributed by atoms with Crippen LogP contribution in [0.15, 0.2) is 129 Å². The zero-order chi connectivity index (χ0) is 22.6. The first-order valence-corrected chi connectivity index (χ1v) is 12.8. The average molecular weight is 937 g/mol. The zero-order valence-corrected chi connectivity index (χ0v) is 34.5. The molecule has 8 heteroatoms. The Morgan fingerprint density at radius 3 is 2.16 bits per heavy atom. The van der Waals surface area contributed by atoms with Crippen molar-refractivity contribution in [2.24, 2.45) is 9.98 Å². The second-order valence-corrected chi connectivity index (χ2v) is 9.45. The van der Waals surface area contributed by atoms with E-state index in [1.165, 1.54) is 0 Å². The smallest absolute Gasteiger partial charge is 1.00 e. The fraction of sp³-hybridized carbons (Fsp3) is 0.103. The third-order valence-electron chi connectivity index (χ3n) is 4.72. The number of hydrogen-bond acceptors (Lipinski definition) is 3. The molecule has 0 saturated heterocycles. The van der Waals surface area contributed by atoms with Gasteiger partial charge in [0.25, 0.3) is 4.86 Å². The van der Waals surface area contributed by atoms with E-state index in [1.54, 1.807) is 0 Å². The monoisotopic (exact) mass is 938 g/mol. The summed E-state index contributed by atoms with van der Waals surface area (Å²) in [6.45, 7) is 0. The Kier molecular flexibility index (Phi) is 20.4. The predicted molar refractivity (Wildman–Crippen MR) is 147 cm³/mol. The Bertz CT molecular complexity index is 1260. The molecule has 0 unspecified atom stereocenters. The van der Waals surface area contributed by atoms with Crippen LogP contribution in [0.4, 0.5) is 0 Å². The van der Waals surface area contributed by atoms with E-state index < -0.39 is 0 Å². The van der Waals surface area contributed by atoms with E-state index in [4.69, 9.17) is 0 Å². The minimum atomic E-state index is 0. The molecule has 37 heavy (non-hydrogen) atoms. The molecule has 0 fully saturated rings. The molecule has 0 bridgehead atoms. The van der Waals surface area contributed by atoms with Crippen molar-refractivity contribution < 1.29 is 80.2 Å². The fourth-order valence-corrected chi connectivity index (χ4v) is 5.09. The molecule has 2 nitrogen and oxygen atoms in total. The molecule has 0 N–H and O–H groups in total. The number of benzene rings is 2. The molecular formula is C29H24Cl2Hg2N2S2. The van der Waals surface area contributed by atoms with Crippen LogP contribution < -0.4 is 24.8 Å². The molecule has 180 valence electrons. The molecule has 2 aromatic carbocycles. The van der Waals surface area contributed by atoms with Crippen LogP contribution in [-0.4, -0.2) is 28.8 Å². The molecule has 0 aromatic heterocycles. The van der Waals surface area contributed by atoms with Gasteiger partial charge in [-0.2, -0.15) is 11.8 Å². The summed E-state index contributed by atoms with van der Waals surface area (Å²) in [6, 6.07) is 20.4. The van der Waals surface area contributed by atoms with Gasteiger partial charge in [-0.25, -0.2) is 0 Å². The molecule has 2 radical (unpaired) electrons. The molecule has 0 aliphatic heterocycles. The van der Waals surface area contributed by atoms with Gasteiger partial charge in [-0.3, -0.25) is 15.7 Å². The largest absolute Gasteiger partial charge is 1.00 e. The third-order valence-corrected chi connectivity index (χ3v) is 6.98. The topological polar surface area (TPSA) is 24.7 Å². The number of thioether (sulfide) groups is 1. The number of allylic oxidation sites excluding steroid dienone is 4. The van der Waals surface area contributed by atoms with E-state index in [1.807, 2.05) is 109 Å². The van der Waals surface area contributed by atoms with Crippen LogP contribution in [0.1, 0.15) is 17.5 Å². The maximum atomic E-state index is 4.69. The van der Waals surface area contributed by atoms with Crippen LogP contribution in [0, 0.1) is 6.42 Å². The van der Waals surface area contributed by atoms with Gasteiger partial charge in [0.05, 0.1) is 0 Å². The molecule has 0 heterocycles. The Labute approximate surface area is 281 Å². The summed E-state index contributed by atoms with van der Waals surface area (Å²) in [4.78, 5) is 11.7. The van der Waals surface area contributed by atoms with E-state index in [9.17, 15) is 0 Å². The quantitative estimate of drug-likeness (QED) is 0.0680. The van der Waals surface area contributed by atoms with Crippen LogP contribution in [0.25, 0.3) is 0 Å². The summed E-state index contributed by atoms with van der Waals surface area (Å²) in [6.07, 6.45) is 16.8. The summed E-state index contributed by atoms with van der Waals surface area (Å²) in [5, 5.41) is 0. The molecule has 2 aliphatic carbocycles. The Morgan fingerprint density at radius 2 is 1.49 bits per heavy atom. The van der Waals surface area contributed by atoms with Crippen molar-refractivity contribution in [3.63, 3.8) is 0 Å². The molecule has 4 rings (SSSR count). The average Bonchev–Trinajstić information content (AvgIpc) is 2.88. The molecule has 0 saturated carbocycles. The Balaban J connectivity index is 0.00000324. The van der Waals surface area contributed by atoms with Crippen molar-refractivity contribution in [3.05, 3.63) is 136 Å². The Morgan fingerprint density at radius 1 is 0.838 bits per heavy atom. The van der Waals surface area contributed by atoms with Crippen LogP contribution in [-0.2, 0) is 66.7 Å². The van der Waals surface area contributed by atoms with Gasteiger partial charge in [0.2, 0.25) is 0 Å². The first kappa shape index (κ1) is 36.1. The first-order valence-electron chi connectivity index (χ1n) is 10.8. The zero-order valence-electron chi connectivity index (χ0n) is 20.4. The van der Waals surface area contributed by atoms with E-state index >= 15 is 0 Å². The molecule has 2 aliphatic rings. The maximum Gasteiger partial charge on any atom is 1.00 e. The van der Waals surface area contributed by atoms with Gasteiger partial charge in [0.1, 0.15) is 5.70 Å². The minimum absolute atomic E-state index is 0. The van der Waals surface area contributed by atoms with Crippen LogP contribution in [0.3, 0.4) is 0 Å². The van der Waals surface area contributed by atoms with Gasteiger partial charge >= 0.3 is 55.3 Å². The second-order valence-electron chi connectivity index (χ2n) is 7.18. The summed E-state index contributed by atoms with van der Waals surface area (Å²) >= 11 is 3.67. The normalized spacial score (nSPS) is 14.5. The van der Waals surface area contributed by atoms with Gasteiger partial charge in [-0.1, -0.05) is 65.6 Å². The molecular weight excluding hydrogens is 913 g/mol. The predicted octanol–water partition coefficient (Wildman–Crippen LogP) is 0.355. The SMILES string of the molecule is C1=CC=C(N=Cc2ccccc2)C(=[S+]CCCSC2=C(N=Cc3ccccc3)[CH-]C=C=C2)C=1.[Cl-].[Cl-].[Hg+].[Hg+]. The number of hydrogen-bond donors (Lipinski definition) is 0. The Hall–Kier alpha value is -0.940. The second kappa shape index (κ2) is 21.0. The first-order chi connectivity index (χ1) is 16.4. The van der Waals surface area contributed by atoms with Crippen molar-refractivity contribution in [3.8, 4) is 0 Å². The van der Waals surface area contributed by atoms with Crippen molar-refractivity contribution in [1.82, 2.24) is 0 Å². The summed E-state index contributed by atoms with van der Waals surface area (Å²) in [5.74, 6) is 2.05. The third kappa shape index (κ3) is 12.6. The van der Waals surface area contributed by atoms with E-state index in [0.717, 1.165) is 50.2 Å². The minimum Gasteiger partial charge on any atom is -1.00 e. The van der Waals surface area contributed by atoms with Gasteiger partial charge < -0.3 is 24.8 Å². The van der Waals surface area contributed by atoms with Crippen molar-refractivity contribution in [2.45, 2.75) is 6.42 Å². The van der Waals surface area contributed by atoms with E-state index in [2.05, 4.69) is 45.7 Å². The van der Waals surface area contributed by atoms with Gasteiger partial charge in [-0.15, -0.1) is 24.3 Å².